The summed E-state index contributed by atoms with van der Waals surface area (Å²) in [6.07, 6.45) is 4.49. The molecule has 1 aliphatic heterocycles. The van der Waals surface area contributed by atoms with Gasteiger partial charge in [-0.2, -0.15) is 9.57 Å². The minimum absolute atomic E-state index is 0.186. The van der Waals surface area contributed by atoms with E-state index in [-0.39, 0.29) is 11.7 Å². The van der Waals surface area contributed by atoms with E-state index in [1.54, 1.807) is 27.3 Å². The van der Waals surface area contributed by atoms with Crippen LogP contribution in [0.1, 0.15) is 24.1 Å². The molecule has 1 fully saturated rings. The highest BCUT2D eigenvalue weighted by Crippen LogP contribution is 2.28. The number of nitrogens with zero attached hydrogens (tertiary/aromatic N) is 6. The van der Waals surface area contributed by atoms with E-state index >= 15 is 0 Å². The van der Waals surface area contributed by atoms with Crippen LogP contribution in [0.25, 0.3) is 11.2 Å². The van der Waals surface area contributed by atoms with Gasteiger partial charge in [0.25, 0.3) is 0 Å². The Hall–Kier alpha value is -2.83. The van der Waals surface area contributed by atoms with Gasteiger partial charge >= 0.3 is 0 Å². The van der Waals surface area contributed by atoms with Gasteiger partial charge in [-0.15, -0.1) is 0 Å². The molecule has 1 saturated heterocycles. The Morgan fingerprint density at radius 2 is 2.00 bits per heavy atom. The van der Waals surface area contributed by atoms with Crippen LogP contribution < -0.4 is 0 Å². The largest absolute Gasteiger partial charge is 0.314 e. The van der Waals surface area contributed by atoms with Gasteiger partial charge in [0, 0.05) is 19.1 Å². The lowest BCUT2D eigenvalue weighted by Crippen LogP contribution is -2.38. The number of hydrogen-bond acceptors (Lipinski definition) is 6. The Bertz CT molecular complexity index is 1130. The Balaban J connectivity index is 1.65. The number of fused-ring (bicyclic) bond motifs is 1. The lowest BCUT2D eigenvalue weighted by molar-refractivity contribution is 0.354. The molecule has 0 unspecified atom stereocenters. The highest BCUT2D eigenvalue weighted by Gasteiger charge is 2.35. The van der Waals surface area contributed by atoms with Gasteiger partial charge in [-0.25, -0.2) is 23.4 Å². The third-order valence-corrected chi connectivity index (χ3v) is 6.83. The van der Waals surface area contributed by atoms with Crippen molar-refractivity contribution in [2.24, 2.45) is 0 Å². The number of imidazole rings is 1. The first kappa shape index (κ1) is 17.6. The van der Waals surface area contributed by atoms with Gasteiger partial charge in [0.05, 0.1) is 11.2 Å². The Morgan fingerprint density at radius 3 is 2.74 bits per heavy atom. The lowest BCUT2D eigenvalue weighted by atomic mass is 10.2. The second kappa shape index (κ2) is 6.72. The summed E-state index contributed by atoms with van der Waals surface area (Å²) in [5.41, 5.74) is 2.21. The minimum atomic E-state index is -3.56. The maximum absolute atomic E-state index is 13.1. The molecule has 0 aliphatic carbocycles. The molecule has 4 rings (SSSR count). The van der Waals surface area contributed by atoms with Crippen molar-refractivity contribution >= 4 is 21.2 Å². The molecule has 3 heterocycles. The van der Waals surface area contributed by atoms with E-state index in [9.17, 15) is 8.42 Å². The predicted molar refractivity (Wildman–Crippen MR) is 98.1 cm³/mol. The number of aryl methyl sites for hydroxylation is 1. The summed E-state index contributed by atoms with van der Waals surface area (Å²) in [5, 5.41) is 9.15. The van der Waals surface area contributed by atoms with Gasteiger partial charge in [-0.3, -0.25) is 0 Å². The zero-order valence-electron chi connectivity index (χ0n) is 14.8. The standard InChI is InChI=1S/C18H18N6O2S/c1-13-4-6-15(7-5-13)27(25,26)24-8-2-3-14(24)10-23-12-22-17-16(9-19)20-11-21-18(17)23/h4-7,11-12,14H,2-3,8,10H2,1H3/t14-/m0/s1. The first-order valence-electron chi connectivity index (χ1n) is 8.65. The average Bonchev–Trinajstić information content (AvgIpc) is 3.30. The first-order valence-corrected chi connectivity index (χ1v) is 10.1. The third kappa shape index (κ3) is 3.07. The van der Waals surface area contributed by atoms with Gasteiger partial charge in [-0.1, -0.05) is 17.7 Å². The molecule has 0 saturated carbocycles. The van der Waals surface area contributed by atoms with Crippen molar-refractivity contribution < 1.29 is 8.42 Å². The fraction of sp³-hybridized carbons (Fsp3) is 0.333. The molecule has 8 nitrogen and oxygen atoms in total. The van der Waals surface area contributed by atoms with E-state index in [1.807, 2.05) is 25.1 Å². The van der Waals surface area contributed by atoms with Crippen LogP contribution in [-0.2, 0) is 16.6 Å². The fourth-order valence-electron chi connectivity index (χ4n) is 3.48. The second-order valence-corrected chi connectivity index (χ2v) is 8.52. The van der Waals surface area contributed by atoms with Crippen molar-refractivity contribution in [1.82, 2.24) is 23.8 Å². The molecular formula is C18H18N6O2S. The van der Waals surface area contributed by atoms with Gasteiger partial charge in [0.1, 0.15) is 17.9 Å². The molecule has 1 atom stereocenters. The van der Waals surface area contributed by atoms with Gasteiger partial charge in [0.2, 0.25) is 10.0 Å². The van der Waals surface area contributed by atoms with E-state index in [0.29, 0.717) is 29.1 Å². The molecule has 0 radical (unpaired) electrons. The summed E-state index contributed by atoms with van der Waals surface area (Å²) in [6, 6.07) is 8.73. The zero-order valence-corrected chi connectivity index (χ0v) is 15.6. The molecule has 138 valence electrons. The van der Waals surface area contributed by atoms with Crippen LogP contribution in [0.15, 0.2) is 41.8 Å². The molecule has 3 aromatic rings. The monoisotopic (exact) mass is 382 g/mol. The van der Waals surface area contributed by atoms with Crippen LogP contribution in [0.2, 0.25) is 0 Å². The molecule has 1 aromatic carbocycles. The Labute approximate surface area is 157 Å². The number of nitriles is 1. The quantitative estimate of drug-likeness (QED) is 0.682. The fourth-order valence-corrected chi connectivity index (χ4v) is 5.16. The highest BCUT2D eigenvalue weighted by atomic mass is 32.2. The molecule has 0 spiro atoms. The average molecular weight is 382 g/mol. The van der Waals surface area contributed by atoms with E-state index in [0.717, 1.165) is 18.4 Å². The lowest BCUT2D eigenvalue weighted by Gasteiger charge is -2.24. The molecule has 9 heteroatoms. The van der Waals surface area contributed by atoms with Crippen molar-refractivity contribution in [3.63, 3.8) is 0 Å². The summed E-state index contributed by atoms with van der Waals surface area (Å²) in [5.74, 6) is 0. The predicted octanol–water partition coefficient (Wildman–Crippen LogP) is 1.86. The van der Waals surface area contributed by atoms with E-state index in [2.05, 4.69) is 15.0 Å². The molecule has 0 N–H and O–H groups in total. The molecule has 1 aliphatic rings. The summed E-state index contributed by atoms with van der Waals surface area (Å²) in [4.78, 5) is 12.7. The highest BCUT2D eigenvalue weighted by molar-refractivity contribution is 7.89. The smallest absolute Gasteiger partial charge is 0.243 e. The second-order valence-electron chi connectivity index (χ2n) is 6.63. The molecule has 2 aromatic heterocycles. The van der Waals surface area contributed by atoms with Crippen molar-refractivity contribution in [3.05, 3.63) is 48.2 Å². The van der Waals surface area contributed by atoms with Crippen LogP contribution in [0.3, 0.4) is 0 Å². The first-order chi connectivity index (χ1) is 13.0. The van der Waals surface area contributed by atoms with Crippen molar-refractivity contribution in [1.29, 1.82) is 5.26 Å². The summed E-state index contributed by atoms with van der Waals surface area (Å²) in [6.45, 7) is 2.85. The van der Waals surface area contributed by atoms with E-state index < -0.39 is 10.0 Å². The number of hydrogen-bond donors (Lipinski definition) is 0. The normalized spacial score (nSPS) is 18.0. The van der Waals surface area contributed by atoms with Crippen LogP contribution in [0.5, 0.6) is 0 Å². The Morgan fingerprint density at radius 1 is 1.22 bits per heavy atom. The van der Waals surface area contributed by atoms with Gasteiger partial charge in [0.15, 0.2) is 11.3 Å². The summed E-state index contributed by atoms with van der Waals surface area (Å²) < 4.78 is 29.5. The molecule has 27 heavy (non-hydrogen) atoms. The van der Waals surface area contributed by atoms with E-state index in [1.165, 1.54) is 6.33 Å². The topological polar surface area (TPSA) is 105 Å². The van der Waals surface area contributed by atoms with Crippen LogP contribution in [0, 0.1) is 18.3 Å². The summed E-state index contributed by atoms with van der Waals surface area (Å²) >= 11 is 0. The van der Waals surface area contributed by atoms with Crippen LogP contribution >= 0.6 is 0 Å². The number of sulfonamides is 1. The maximum atomic E-state index is 13.1. The number of aromatic nitrogens is 4. The van der Waals surface area contributed by atoms with Crippen LogP contribution in [0.4, 0.5) is 0 Å². The summed E-state index contributed by atoms with van der Waals surface area (Å²) in [7, 11) is -3.56. The van der Waals surface area contributed by atoms with Gasteiger partial charge in [-0.05, 0) is 31.9 Å². The minimum Gasteiger partial charge on any atom is -0.314 e. The molecule has 0 bridgehead atoms. The molecular weight excluding hydrogens is 364 g/mol. The SMILES string of the molecule is Cc1ccc(S(=O)(=O)N2CCC[C@H]2Cn2cnc3c(C#N)ncnc32)cc1. The van der Waals surface area contributed by atoms with Crippen LogP contribution in [-0.4, -0.2) is 44.8 Å². The van der Waals surface area contributed by atoms with Crippen molar-refractivity contribution in [2.75, 3.05) is 6.54 Å². The van der Waals surface area contributed by atoms with Crippen molar-refractivity contribution in [2.45, 2.75) is 37.2 Å². The number of rotatable bonds is 4. The Kier molecular flexibility index (Phi) is 4.37. The maximum Gasteiger partial charge on any atom is 0.243 e. The van der Waals surface area contributed by atoms with Crippen molar-refractivity contribution in [3.8, 4) is 6.07 Å². The third-order valence-electron chi connectivity index (χ3n) is 4.87. The zero-order chi connectivity index (χ0) is 19.0. The van der Waals surface area contributed by atoms with Gasteiger partial charge < -0.3 is 4.57 Å². The molecule has 0 amide bonds. The van der Waals surface area contributed by atoms with E-state index in [4.69, 9.17) is 5.26 Å². The number of benzene rings is 1.